The van der Waals surface area contributed by atoms with Crippen molar-refractivity contribution < 1.29 is 0 Å². The average Bonchev–Trinajstić information content (AvgIpc) is 3.01. The summed E-state index contributed by atoms with van der Waals surface area (Å²) in [5.74, 6) is 1.04. The predicted molar refractivity (Wildman–Crippen MR) is 74.8 cm³/mol. The van der Waals surface area contributed by atoms with E-state index in [0.717, 1.165) is 36.2 Å². The molecule has 3 rings (SSSR count). The summed E-state index contributed by atoms with van der Waals surface area (Å²) in [6.45, 7) is 6.78. The van der Waals surface area contributed by atoms with Crippen LogP contribution in [0.3, 0.4) is 0 Å². The third-order valence-corrected chi connectivity index (χ3v) is 4.27. The molecule has 4 heteroatoms. The molecule has 0 aromatic carbocycles. The van der Waals surface area contributed by atoms with Gasteiger partial charge in [0.2, 0.25) is 0 Å². The molecule has 1 aromatic rings. The number of nitrogen functional groups attached to an aromatic ring is 1. The number of nitrogens with zero attached hydrogens (tertiary/aromatic N) is 3. The van der Waals surface area contributed by atoms with E-state index in [4.69, 9.17) is 5.73 Å². The highest BCUT2D eigenvalue weighted by molar-refractivity contribution is 5.55. The molecule has 1 unspecified atom stereocenters. The van der Waals surface area contributed by atoms with Gasteiger partial charge in [-0.2, -0.15) is 0 Å². The van der Waals surface area contributed by atoms with Crippen molar-refractivity contribution in [3.05, 3.63) is 17.8 Å². The van der Waals surface area contributed by atoms with Gasteiger partial charge in [0, 0.05) is 37.1 Å². The van der Waals surface area contributed by atoms with Crippen molar-refractivity contribution in [3.63, 3.8) is 0 Å². The summed E-state index contributed by atoms with van der Waals surface area (Å²) in [7, 11) is 0. The number of hydrogen-bond donors (Lipinski definition) is 1. The molecular weight excluding hydrogens is 224 g/mol. The van der Waals surface area contributed by atoms with Crippen molar-refractivity contribution in [3.8, 4) is 0 Å². The number of nitrogens with two attached hydrogens (primary N) is 1. The molecule has 1 aromatic heterocycles. The minimum absolute atomic E-state index is 0.719. The van der Waals surface area contributed by atoms with Gasteiger partial charge >= 0.3 is 0 Å². The van der Waals surface area contributed by atoms with Crippen LogP contribution in [0, 0.1) is 6.92 Å². The van der Waals surface area contributed by atoms with Gasteiger partial charge in [-0.25, -0.2) is 4.98 Å². The van der Waals surface area contributed by atoms with Crippen LogP contribution in [0.5, 0.6) is 0 Å². The number of pyridine rings is 1. The lowest BCUT2D eigenvalue weighted by molar-refractivity contribution is 0.260. The van der Waals surface area contributed by atoms with E-state index in [0.29, 0.717) is 0 Å². The highest BCUT2D eigenvalue weighted by atomic mass is 15.3. The maximum absolute atomic E-state index is 5.97. The molecule has 3 heterocycles. The molecule has 0 radical (unpaired) electrons. The fourth-order valence-electron chi connectivity index (χ4n) is 3.06. The first-order valence-electron chi connectivity index (χ1n) is 6.95. The Balaban J connectivity index is 1.69. The van der Waals surface area contributed by atoms with Crippen LogP contribution in [0.4, 0.5) is 11.5 Å². The van der Waals surface area contributed by atoms with E-state index >= 15 is 0 Å². The largest absolute Gasteiger partial charge is 0.398 e. The summed E-state index contributed by atoms with van der Waals surface area (Å²) in [6, 6.07) is 2.73. The lowest BCUT2D eigenvalue weighted by atomic mass is 10.2. The van der Waals surface area contributed by atoms with Gasteiger partial charge in [-0.1, -0.05) is 0 Å². The number of rotatable bonds is 2. The molecule has 98 valence electrons. The van der Waals surface area contributed by atoms with Crippen molar-refractivity contribution in [2.45, 2.75) is 32.2 Å². The van der Waals surface area contributed by atoms with Crippen LogP contribution in [0.25, 0.3) is 0 Å². The van der Waals surface area contributed by atoms with Gasteiger partial charge in [-0.05, 0) is 44.8 Å². The first kappa shape index (κ1) is 11.8. The van der Waals surface area contributed by atoms with Gasteiger partial charge in [0.1, 0.15) is 5.82 Å². The van der Waals surface area contributed by atoms with Crippen LogP contribution >= 0.6 is 0 Å². The quantitative estimate of drug-likeness (QED) is 0.862. The number of likely N-dealkylation sites (tertiary alicyclic amines) is 1. The first-order chi connectivity index (χ1) is 8.74. The number of aromatic nitrogens is 1. The molecular formula is C14H22N4. The smallest absolute Gasteiger partial charge is 0.130 e. The molecule has 0 aliphatic carbocycles. The van der Waals surface area contributed by atoms with E-state index in [1.54, 1.807) is 0 Å². The first-order valence-corrected chi connectivity index (χ1v) is 6.95. The minimum Gasteiger partial charge on any atom is -0.398 e. The standard InChI is InChI=1S/C14H22N4/c1-11-9-16-14(8-13(11)15)18-7-4-12(10-18)17-5-2-3-6-17/h8-9,12H,2-7,10H2,1H3,(H2,15,16). The SMILES string of the molecule is Cc1cnc(N2CCC(N3CCCC3)C2)cc1N. The van der Waals surface area contributed by atoms with Crippen molar-refractivity contribution in [1.82, 2.24) is 9.88 Å². The molecule has 0 saturated carbocycles. The van der Waals surface area contributed by atoms with E-state index in [2.05, 4.69) is 14.8 Å². The topological polar surface area (TPSA) is 45.4 Å². The highest BCUT2D eigenvalue weighted by Crippen LogP contribution is 2.25. The van der Waals surface area contributed by atoms with Gasteiger partial charge in [-0.15, -0.1) is 0 Å². The van der Waals surface area contributed by atoms with Crippen LogP contribution in [0.2, 0.25) is 0 Å². The fourth-order valence-corrected chi connectivity index (χ4v) is 3.06. The van der Waals surface area contributed by atoms with Crippen LogP contribution in [0.15, 0.2) is 12.3 Å². The number of hydrogen-bond acceptors (Lipinski definition) is 4. The second-order valence-electron chi connectivity index (χ2n) is 5.53. The van der Waals surface area contributed by atoms with Crippen LogP contribution < -0.4 is 10.6 Å². The Kier molecular flexibility index (Phi) is 3.12. The average molecular weight is 246 g/mol. The lowest BCUT2D eigenvalue weighted by Crippen LogP contribution is -2.35. The molecule has 1 atom stereocenters. The molecule has 2 N–H and O–H groups in total. The van der Waals surface area contributed by atoms with Crippen LogP contribution in [-0.4, -0.2) is 42.1 Å². The van der Waals surface area contributed by atoms with Crippen molar-refractivity contribution in [1.29, 1.82) is 0 Å². The Labute approximate surface area is 109 Å². The van der Waals surface area contributed by atoms with Gasteiger partial charge in [0.25, 0.3) is 0 Å². The molecule has 0 spiro atoms. The second kappa shape index (κ2) is 4.76. The Bertz CT molecular complexity index is 426. The molecule has 18 heavy (non-hydrogen) atoms. The summed E-state index contributed by atoms with van der Waals surface area (Å²) >= 11 is 0. The third kappa shape index (κ3) is 2.17. The molecule has 2 aliphatic rings. The van der Waals surface area contributed by atoms with Gasteiger partial charge in [0.05, 0.1) is 0 Å². The molecule has 2 fully saturated rings. The monoisotopic (exact) mass is 246 g/mol. The van der Waals surface area contributed by atoms with E-state index in [9.17, 15) is 0 Å². The highest BCUT2D eigenvalue weighted by Gasteiger charge is 2.29. The number of anilines is 2. The van der Waals surface area contributed by atoms with Gasteiger partial charge < -0.3 is 10.6 Å². The van der Waals surface area contributed by atoms with Crippen LogP contribution in [-0.2, 0) is 0 Å². The normalized spacial score (nSPS) is 24.9. The van der Waals surface area contributed by atoms with E-state index in [-0.39, 0.29) is 0 Å². The Morgan fingerprint density at radius 2 is 2.06 bits per heavy atom. The summed E-state index contributed by atoms with van der Waals surface area (Å²) in [6.07, 6.45) is 5.88. The van der Waals surface area contributed by atoms with Crippen molar-refractivity contribution >= 4 is 11.5 Å². The Hall–Kier alpha value is -1.29. The maximum atomic E-state index is 5.97. The zero-order valence-corrected chi connectivity index (χ0v) is 11.1. The molecule has 4 nitrogen and oxygen atoms in total. The fraction of sp³-hybridized carbons (Fsp3) is 0.643. The summed E-state index contributed by atoms with van der Waals surface area (Å²) in [5.41, 5.74) is 7.88. The predicted octanol–water partition coefficient (Wildman–Crippen LogP) is 1.65. The van der Waals surface area contributed by atoms with Gasteiger partial charge in [0.15, 0.2) is 0 Å². The van der Waals surface area contributed by atoms with Crippen LogP contribution in [0.1, 0.15) is 24.8 Å². The molecule has 2 saturated heterocycles. The zero-order valence-electron chi connectivity index (χ0n) is 11.1. The summed E-state index contributed by atoms with van der Waals surface area (Å²) in [5, 5.41) is 0. The summed E-state index contributed by atoms with van der Waals surface area (Å²) in [4.78, 5) is 9.52. The molecule has 0 bridgehead atoms. The van der Waals surface area contributed by atoms with E-state index in [1.807, 2.05) is 19.2 Å². The lowest BCUT2D eigenvalue weighted by Gasteiger charge is -2.24. The maximum Gasteiger partial charge on any atom is 0.130 e. The zero-order chi connectivity index (χ0) is 12.5. The van der Waals surface area contributed by atoms with E-state index < -0.39 is 0 Å². The van der Waals surface area contributed by atoms with Gasteiger partial charge in [-0.3, -0.25) is 4.90 Å². The second-order valence-corrected chi connectivity index (χ2v) is 5.53. The molecule has 2 aliphatic heterocycles. The van der Waals surface area contributed by atoms with Crippen molar-refractivity contribution in [2.75, 3.05) is 36.8 Å². The third-order valence-electron chi connectivity index (χ3n) is 4.27. The van der Waals surface area contributed by atoms with E-state index in [1.165, 1.54) is 32.4 Å². The Morgan fingerprint density at radius 3 is 2.78 bits per heavy atom. The number of aryl methyl sites for hydroxylation is 1. The minimum atomic E-state index is 0.719. The Morgan fingerprint density at radius 1 is 1.28 bits per heavy atom. The summed E-state index contributed by atoms with van der Waals surface area (Å²) < 4.78 is 0. The molecule has 0 amide bonds. The van der Waals surface area contributed by atoms with Crippen molar-refractivity contribution in [2.24, 2.45) is 0 Å².